The van der Waals surface area contributed by atoms with Gasteiger partial charge in [-0.05, 0) is 54.0 Å². The van der Waals surface area contributed by atoms with Crippen molar-refractivity contribution in [3.63, 3.8) is 0 Å². The zero-order chi connectivity index (χ0) is 21.8. The Kier molecular flexibility index (Phi) is 5.85. The van der Waals surface area contributed by atoms with Gasteiger partial charge in [-0.1, -0.05) is 54.6 Å². The van der Waals surface area contributed by atoms with Gasteiger partial charge >= 0.3 is 0 Å². The quantitative estimate of drug-likeness (QED) is 0.406. The predicted octanol–water partition coefficient (Wildman–Crippen LogP) is 5.39. The summed E-state index contributed by atoms with van der Waals surface area (Å²) < 4.78 is 5.91. The number of furan rings is 1. The van der Waals surface area contributed by atoms with E-state index < -0.39 is 0 Å². The third kappa shape index (κ3) is 4.65. The summed E-state index contributed by atoms with van der Waals surface area (Å²) in [6.07, 6.45) is 2.87. The molecule has 4 aromatic rings. The van der Waals surface area contributed by atoms with Crippen LogP contribution < -0.4 is 15.5 Å². The van der Waals surface area contributed by atoms with Crippen molar-refractivity contribution >= 4 is 28.8 Å². The molecule has 1 aliphatic rings. The van der Waals surface area contributed by atoms with E-state index in [-0.39, 0.29) is 0 Å². The number of pyridine rings is 1. The molecule has 5 rings (SSSR count). The molecule has 32 heavy (non-hydrogen) atoms. The summed E-state index contributed by atoms with van der Waals surface area (Å²) in [5.74, 6) is 2.65. The molecule has 2 aromatic carbocycles. The Balaban J connectivity index is 1.14. The summed E-state index contributed by atoms with van der Waals surface area (Å²) in [5, 5.41) is 6.92. The van der Waals surface area contributed by atoms with Crippen LogP contribution in [0.2, 0.25) is 0 Å². The van der Waals surface area contributed by atoms with Crippen LogP contribution in [0.1, 0.15) is 16.9 Å². The fourth-order valence-electron chi connectivity index (χ4n) is 3.91. The molecular formula is C26H24N4OS. The van der Waals surface area contributed by atoms with E-state index in [1.807, 2.05) is 60.8 Å². The van der Waals surface area contributed by atoms with Gasteiger partial charge in [-0.15, -0.1) is 0 Å². The van der Waals surface area contributed by atoms with E-state index in [9.17, 15) is 0 Å². The van der Waals surface area contributed by atoms with Gasteiger partial charge in [0, 0.05) is 18.7 Å². The number of nitrogens with one attached hydrogen (secondary N) is 2. The number of rotatable bonds is 5. The molecule has 0 amide bonds. The van der Waals surface area contributed by atoms with E-state index in [1.165, 1.54) is 11.1 Å². The lowest BCUT2D eigenvalue weighted by Crippen LogP contribution is -2.31. The minimum atomic E-state index is 0.511. The highest BCUT2D eigenvalue weighted by molar-refractivity contribution is 7.80. The number of nitrogens with zero attached hydrogens (tertiary/aromatic N) is 2. The van der Waals surface area contributed by atoms with Crippen molar-refractivity contribution in [1.29, 1.82) is 0 Å². The second kappa shape index (κ2) is 9.24. The topological polar surface area (TPSA) is 53.3 Å². The van der Waals surface area contributed by atoms with Crippen LogP contribution in [0, 0.1) is 0 Å². The fourth-order valence-corrected chi connectivity index (χ4v) is 4.10. The SMILES string of the molecule is S=C(NCc1ccc(-c2ccccc2)o1)Nc1ccc(N2CCc3ccccc3C2)nc1. The van der Waals surface area contributed by atoms with Crippen LogP contribution in [0.25, 0.3) is 11.3 Å². The number of aromatic nitrogens is 1. The molecule has 0 aliphatic carbocycles. The third-order valence-electron chi connectivity index (χ3n) is 5.60. The van der Waals surface area contributed by atoms with Gasteiger partial charge in [0.1, 0.15) is 17.3 Å². The molecule has 0 saturated heterocycles. The molecule has 2 N–H and O–H groups in total. The van der Waals surface area contributed by atoms with Crippen molar-refractivity contribution in [3.05, 3.63) is 102 Å². The molecule has 0 saturated carbocycles. The van der Waals surface area contributed by atoms with E-state index in [0.717, 1.165) is 48.1 Å². The average Bonchev–Trinajstić information content (AvgIpc) is 3.33. The number of hydrogen-bond acceptors (Lipinski definition) is 4. The Hall–Kier alpha value is -3.64. The molecule has 6 heteroatoms. The second-order valence-corrected chi connectivity index (χ2v) is 8.19. The van der Waals surface area contributed by atoms with E-state index in [4.69, 9.17) is 16.6 Å². The van der Waals surface area contributed by atoms with Crippen molar-refractivity contribution < 1.29 is 4.42 Å². The number of anilines is 2. The molecule has 2 aromatic heterocycles. The van der Waals surface area contributed by atoms with Gasteiger partial charge in [-0.3, -0.25) is 0 Å². The lowest BCUT2D eigenvalue weighted by Gasteiger charge is -2.29. The maximum Gasteiger partial charge on any atom is 0.171 e. The molecule has 160 valence electrons. The first kappa shape index (κ1) is 20.3. The Morgan fingerprint density at radius 1 is 0.938 bits per heavy atom. The van der Waals surface area contributed by atoms with Gasteiger partial charge in [0.05, 0.1) is 18.4 Å². The maximum atomic E-state index is 5.91. The van der Waals surface area contributed by atoms with Crippen molar-refractivity contribution in [2.75, 3.05) is 16.8 Å². The van der Waals surface area contributed by atoms with Gasteiger partial charge in [0.2, 0.25) is 0 Å². The summed E-state index contributed by atoms with van der Waals surface area (Å²) >= 11 is 5.44. The third-order valence-corrected chi connectivity index (χ3v) is 5.85. The smallest absolute Gasteiger partial charge is 0.171 e. The molecule has 0 radical (unpaired) electrons. The Morgan fingerprint density at radius 2 is 1.75 bits per heavy atom. The highest BCUT2D eigenvalue weighted by atomic mass is 32.1. The zero-order valence-electron chi connectivity index (χ0n) is 17.6. The normalized spacial score (nSPS) is 12.8. The van der Waals surface area contributed by atoms with Crippen LogP contribution in [0.15, 0.2) is 89.5 Å². The molecule has 0 fully saturated rings. The van der Waals surface area contributed by atoms with E-state index in [2.05, 4.69) is 44.8 Å². The van der Waals surface area contributed by atoms with Gasteiger partial charge in [-0.25, -0.2) is 4.98 Å². The molecular weight excluding hydrogens is 416 g/mol. The number of benzene rings is 2. The Bertz CT molecular complexity index is 1200. The zero-order valence-corrected chi connectivity index (χ0v) is 18.4. The number of fused-ring (bicyclic) bond motifs is 1. The molecule has 0 atom stereocenters. The van der Waals surface area contributed by atoms with E-state index in [0.29, 0.717) is 11.7 Å². The fraction of sp³-hybridized carbons (Fsp3) is 0.154. The van der Waals surface area contributed by atoms with Crippen molar-refractivity contribution in [2.45, 2.75) is 19.5 Å². The highest BCUT2D eigenvalue weighted by Crippen LogP contribution is 2.24. The number of hydrogen-bond donors (Lipinski definition) is 2. The molecule has 3 heterocycles. The largest absolute Gasteiger partial charge is 0.459 e. The van der Waals surface area contributed by atoms with Crippen LogP contribution in [0.3, 0.4) is 0 Å². The summed E-state index contributed by atoms with van der Waals surface area (Å²) in [6.45, 7) is 2.38. The number of thiocarbonyl (C=S) groups is 1. The maximum absolute atomic E-state index is 5.91. The Labute approximate surface area is 193 Å². The second-order valence-electron chi connectivity index (χ2n) is 7.79. The lowest BCUT2D eigenvalue weighted by molar-refractivity contribution is 0.516. The van der Waals surface area contributed by atoms with E-state index >= 15 is 0 Å². The van der Waals surface area contributed by atoms with Crippen LogP contribution in [-0.4, -0.2) is 16.6 Å². The van der Waals surface area contributed by atoms with Crippen LogP contribution >= 0.6 is 12.2 Å². The van der Waals surface area contributed by atoms with Crippen molar-refractivity contribution in [2.24, 2.45) is 0 Å². The highest BCUT2D eigenvalue weighted by Gasteiger charge is 2.16. The molecule has 5 nitrogen and oxygen atoms in total. The molecule has 0 bridgehead atoms. The minimum absolute atomic E-state index is 0.511. The van der Waals surface area contributed by atoms with Crippen molar-refractivity contribution in [3.8, 4) is 11.3 Å². The summed E-state index contributed by atoms with van der Waals surface area (Å²) in [6, 6.07) is 26.7. The van der Waals surface area contributed by atoms with Gasteiger partial charge in [-0.2, -0.15) is 0 Å². The van der Waals surface area contributed by atoms with Gasteiger partial charge in [0.25, 0.3) is 0 Å². The predicted molar refractivity (Wildman–Crippen MR) is 133 cm³/mol. The first-order valence-electron chi connectivity index (χ1n) is 10.7. The first-order chi connectivity index (χ1) is 15.7. The van der Waals surface area contributed by atoms with Crippen molar-refractivity contribution in [1.82, 2.24) is 10.3 Å². The summed E-state index contributed by atoms with van der Waals surface area (Å²) in [7, 11) is 0. The minimum Gasteiger partial charge on any atom is -0.459 e. The van der Waals surface area contributed by atoms with Gasteiger partial charge < -0.3 is 20.0 Å². The average molecular weight is 441 g/mol. The standard InChI is InChI=1S/C26H24N4OS/c32-26(28-17-23-11-12-24(31-23)20-7-2-1-3-8-20)29-22-10-13-25(27-16-22)30-15-14-19-6-4-5-9-21(19)18-30/h1-13,16H,14-15,17-18H2,(H2,28,29,32). The molecule has 0 spiro atoms. The lowest BCUT2D eigenvalue weighted by atomic mass is 10.00. The summed E-state index contributed by atoms with van der Waals surface area (Å²) in [5.41, 5.74) is 4.73. The van der Waals surface area contributed by atoms with E-state index in [1.54, 1.807) is 0 Å². The van der Waals surface area contributed by atoms with Crippen LogP contribution in [0.5, 0.6) is 0 Å². The molecule has 1 aliphatic heterocycles. The van der Waals surface area contributed by atoms with Gasteiger partial charge in [0.15, 0.2) is 5.11 Å². The summed E-state index contributed by atoms with van der Waals surface area (Å²) in [4.78, 5) is 6.95. The monoisotopic (exact) mass is 440 g/mol. The molecule has 0 unspecified atom stereocenters. The first-order valence-corrected chi connectivity index (χ1v) is 11.1. The van der Waals surface area contributed by atoms with Crippen LogP contribution in [0.4, 0.5) is 11.5 Å². The van der Waals surface area contributed by atoms with Crippen LogP contribution in [-0.2, 0) is 19.5 Å². The Morgan fingerprint density at radius 3 is 2.56 bits per heavy atom.